The Morgan fingerprint density at radius 3 is 2.80 bits per heavy atom. The summed E-state index contributed by atoms with van der Waals surface area (Å²) in [6.07, 6.45) is 1.54. The van der Waals surface area contributed by atoms with Crippen molar-refractivity contribution in [1.29, 1.82) is 0 Å². The van der Waals surface area contributed by atoms with Crippen molar-refractivity contribution in [2.45, 2.75) is 17.3 Å². The predicted octanol–water partition coefficient (Wildman–Crippen LogP) is 2.54. The highest BCUT2D eigenvalue weighted by Crippen LogP contribution is 2.25. The van der Waals surface area contributed by atoms with Crippen molar-refractivity contribution in [3.05, 3.63) is 47.7 Å². The number of hydrogen-bond acceptors (Lipinski definition) is 7. The minimum absolute atomic E-state index is 0.145. The molecule has 25 heavy (non-hydrogen) atoms. The van der Waals surface area contributed by atoms with Crippen molar-refractivity contribution in [3.8, 4) is 11.4 Å². The van der Waals surface area contributed by atoms with Crippen LogP contribution in [0.15, 0.2) is 47.8 Å². The van der Waals surface area contributed by atoms with Gasteiger partial charge in [-0.15, -0.1) is 5.10 Å². The van der Waals surface area contributed by atoms with Gasteiger partial charge >= 0.3 is 0 Å². The third-order valence-electron chi connectivity index (χ3n) is 3.20. The molecule has 128 valence electrons. The Kier molecular flexibility index (Phi) is 5.15. The number of aromatic hydroxyl groups is 1. The van der Waals surface area contributed by atoms with Gasteiger partial charge in [-0.1, -0.05) is 23.4 Å². The lowest BCUT2D eigenvalue weighted by atomic mass is 10.3. The topological polar surface area (TPSA) is 106 Å². The number of phenolic OH excluding ortho intramolecular Hbond substituents is 1. The quantitative estimate of drug-likeness (QED) is 0.520. The number of tetrazole rings is 1. The number of amides is 1. The van der Waals surface area contributed by atoms with Gasteiger partial charge in [-0.2, -0.15) is 4.68 Å². The number of hydrogen-bond donors (Lipinski definition) is 2. The van der Waals surface area contributed by atoms with Crippen LogP contribution in [0.5, 0.6) is 5.75 Å². The number of phenols is 1. The van der Waals surface area contributed by atoms with Crippen LogP contribution in [0.2, 0.25) is 5.15 Å². The lowest BCUT2D eigenvalue weighted by Gasteiger charge is -2.12. The fraction of sp³-hybridized carbons (Fsp3) is 0.133. The summed E-state index contributed by atoms with van der Waals surface area (Å²) < 4.78 is 1.49. The van der Waals surface area contributed by atoms with Gasteiger partial charge in [0.05, 0.1) is 16.6 Å². The zero-order valence-corrected chi connectivity index (χ0v) is 14.6. The van der Waals surface area contributed by atoms with Crippen molar-refractivity contribution < 1.29 is 9.90 Å². The summed E-state index contributed by atoms with van der Waals surface area (Å²) in [5.74, 6) is -0.104. The van der Waals surface area contributed by atoms with Gasteiger partial charge in [-0.25, -0.2) is 4.98 Å². The molecule has 0 spiro atoms. The van der Waals surface area contributed by atoms with Gasteiger partial charge in [0, 0.05) is 6.20 Å². The molecule has 2 heterocycles. The monoisotopic (exact) mass is 376 g/mol. The molecule has 0 aliphatic heterocycles. The van der Waals surface area contributed by atoms with Crippen LogP contribution >= 0.6 is 23.4 Å². The van der Waals surface area contributed by atoms with E-state index in [1.807, 2.05) is 0 Å². The van der Waals surface area contributed by atoms with Crippen LogP contribution in [-0.2, 0) is 4.79 Å². The van der Waals surface area contributed by atoms with Gasteiger partial charge in [-0.05, 0) is 53.7 Å². The number of benzene rings is 1. The van der Waals surface area contributed by atoms with Crippen LogP contribution in [-0.4, -0.2) is 41.5 Å². The number of rotatable bonds is 5. The van der Waals surface area contributed by atoms with E-state index < -0.39 is 5.25 Å². The van der Waals surface area contributed by atoms with Crippen LogP contribution in [0.1, 0.15) is 6.92 Å². The Bertz CT molecular complexity index is 886. The third kappa shape index (κ3) is 4.06. The van der Waals surface area contributed by atoms with Crippen molar-refractivity contribution in [3.63, 3.8) is 0 Å². The van der Waals surface area contributed by atoms with E-state index in [2.05, 4.69) is 25.8 Å². The van der Waals surface area contributed by atoms with E-state index >= 15 is 0 Å². The molecule has 0 bridgehead atoms. The number of halogens is 1. The highest BCUT2D eigenvalue weighted by molar-refractivity contribution is 8.00. The van der Waals surface area contributed by atoms with Crippen LogP contribution < -0.4 is 5.32 Å². The molecule has 10 heteroatoms. The van der Waals surface area contributed by atoms with Crippen LogP contribution in [0.3, 0.4) is 0 Å². The largest absolute Gasteiger partial charge is 0.508 e. The number of nitrogens with one attached hydrogen (secondary N) is 1. The van der Waals surface area contributed by atoms with Gasteiger partial charge in [-0.3, -0.25) is 4.79 Å². The molecule has 0 saturated heterocycles. The summed E-state index contributed by atoms with van der Waals surface area (Å²) in [6, 6.07) is 9.78. The second-order valence-corrected chi connectivity index (χ2v) is 6.65. The van der Waals surface area contributed by atoms with E-state index in [1.54, 1.807) is 37.4 Å². The molecule has 0 saturated carbocycles. The van der Waals surface area contributed by atoms with E-state index in [0.717, 1.165) is 0 Å². The molecule has 1 aromatic carbocycles. The number of carbonyl (C=O) groups excluding carboxylic acids is 1. The first kappa shape index (κ1) is 17.2. The Hall–Kier alpha value is -2.65. The number of anilines is 1. The SMILES string of the molecule is C[C@@H](Sc1nnnn1-c1ccc(O)cc1)C(=O)Nc1cccnc1Cl. The lowest BCUT2D eigenvalue weighted by Crippen LogP contribution is -2.23. The minimum atomic E-state index is -0.474. The maximum absolute atomic E-state index is 12.4. The molecule has 0 aliphatic carbocycles. The van der Waals surface area contributed by atoms with Gasteiger partial charge in [0.1, 0.15) is 5.75 Å². The van der Waals surface area contributed by atoms with Crippen molar-refractivity contribution in [2.75, 3.05) is 5.32 Å². The Balaban J connectivity index is 1.72. The number of nitrogens with zero attached hydrogens (tertiary/aromatic N) is 5. The van der Waals surface area contributed by atoms with Gasteiger partial charge in [0.2, 0.25) is 11.1 Å². The standard InChI is InChI=1S/C15H13ClN6O2S/c1-9(14(24)18-12-3-2-8-17-13(12)16)25-15-19-20-21-22(15)10-4-6-11(23)7-5-10/h2-9,23H,1H3,(H,18,24)/t9-/m1/s1. The van der Waals surface area contributed by atoms with E-state index in [0.29, 0.717) is 16.5 Å². The Morgan fingerprint density at radius 1 is 1.32 bits per heavy atom. The summed E-state index contributed by atoms with van der Waals surface area (Å²) in [5, 5.41) is 23.8. The van der Waals surface area contributed by atoms with Crippen LogP contribution in [0.25, 0.3) is 5.69 Å². The van der Waals surface area contributed by atoms with E-state index in [4.69, 9.17) is 11.6 Å². The molecule has 2 aromatic heterocycles. The highest BCUT2D eigenvalue weighted by Gasteiger charge is 2.20. The first-order chi connectivity index (χ1) is 12.0. The lowest BCUT2D eigenvalue weighted by molar-refractivity contribution is -0.115. The average Bonchev–Trinajstić information content (AvgIpc) is 3.05. The molecule has 3 aromatic rings. The molecule has 0 aliphatic rings. The summed E-state index contributed by atoms with van der Waals surface area (Å²) in [5.41, 5.74) is 1.12. The predicted molar refractivity (Wildman–Crippen MR) is 94.0 cm³/mol. The van der Waals surface area contributed by atoms with Crippen molar-refractivity contribution in [2.24, 2.45) is 0 Å². The molecule has 3 rings (SSSR count). The molecule has 2 N–H and O–H groups in total. The number of thioether (sulfide) groups is 1. The fourth-order valence-electron chi connectivity index (χ4n) is 1.93. The fourth-order valence-corrected chi connectivity index (χ4v) is 2.91. The van der Waals surface area contributed by atoms with Gasteiger partial charge < -0.3 is 10.4 Å². The molecule has 0 radical (unpaired) electrons. The normalized spacial score (nSPS) is 11.9. The number of carbonyl (C=O) groups is 1. The molecule has 0 unspecified atom stereocenters. The van der Waals surface area contributed by atoms with Crippen LogP contribution in [0, 0.1) is 0 Å². The number of pyridine rings is 1. The second kappa shape index (κ2) is 7.49. The summed E-state index contributed by atoms with van der Waals surface area (Å²) in [6.45, 7) is 1.74. The Morgan fingerprint density at radius 2 is 2.08 bits per heavy atom. The first-order valence-electron chi connectivity index (χ1n) is 7.20. The number of aromatic nitrogens is 5. The van der Waals surface area contributed by atoms with Gasteiger partial charge in [0.25, 0.3) is 0 Å². The Labute approximate surface area is 152 Å². The molecule has 1 atom stereocenters. The summed E-state index contributed by atoms with van der Waals surface area (Å²) >= 11 is 7.14. The van der Waals surface area contributed by atoms with Crippen molar-refractivity contribution in [1.82, 2.24) is 25.2 Å². The third-order valence-corrected chi connectivity index (χ3v) is 4.54. The minimum Gasteiger partial charge on any atom is -0.508 e. The molecular formula is C15H13ClN6O2S. The maximum atomic E-state index is 12.4. The molecular weight excluding hydrogens is 364 g/mol. The molecule has 1 amide bonds. The van der Waals surface area contributed by atoms with Gasteiger partial charge in [0.15, 0.2) is 5.15 Å². The second-order valence-electron chi connectivity index (χ2n) is 4.98. The first-order valence-corrected chi connectivity index (χ1v) is 8.46. The summed E-state index contributed by atoms with van der Waals surface area (Å²) in [7, 11) is 0. The highest BCUT2D eigenvalue weighted by atomic mass is 35.5. The van der Waals surface area contributed by atoms with E-state index in [9.17, 15) is 9.90 Å². The van der Waals surface area contributed by atoms with E-state index in [-0.39, 0.29) is 16.8 Å². The molecule has 0 fully saturated rings. The van der Waals surface area contributed by atoms with Crippen molar-refractivity contribution >= 4 is 35.0 Å². The smallest absolute Gasteiger partial charge is 0.237 e. The average molecular weight is 377 g/mol. The zero-order chi connectivity index (χ0) is 17.8. The zero-order valence-electron chi connectivity index (χ0n) is 13.0. The maximum Gasteiger partial charge on any atom is 0.237 e. The van der Waals surface area contributed by atoms with Crippen LogP contribution in [0.4, 0.5) is 5.69 Å². The van der Waals surface area contributed by atoms with E-state index in [1.165, 1.54) is 28.6 Å². The summed E-state index contributed by atoms with van der Waals surface area (Å²) in [4.78, 5) is 16.3. The molecule has 8 nitrogen and oxygen atoms in total.